The van der Waals surface area contributed by atoms with Crippen molar-refractivity contribution in [1.29, 1.82) is 0 Å². The Hall–Kier alpha value is -2.08. The maximum atomic E-state index is 12.1. The fraction of sp³-hybridized carbons (Fsp3) is 0.500. The molecule has 1 amide bonds. The van der Waals surface area contributed by atoms with Gasteiger partial charge in [-0.1, -0.05) is 41.5 Å². The Bertz CT molecular complexity index is 763. The third-order valence-corrected chi connectivity index (χ3v) is 4.84. The molecule has 0 aromatic heterocycles. The van der Waals surface area contributed by atoms with Crippen molar-refractivity contribution in [3.8, 4) is 5.75 Å². The number of hydrogen-bond donors (Lipinski definition) is 4. The van der Waals surface area contributed by atoms with Gasteiger partial charge in [-0.2, -0.15) is 0 Å². The van der Waals surface area contributed by atoms with Gasteiger partial charge in [-0.25, -0.2) is 0 Å². The van der Waals surface area contributed by atoms with Crippen molar-refractivity contribution in [2.45, 2.75) is 65.3 Å². The highest BCUT2D eigenvalue weighted by atomic mass is 32.1. The molecule has 0 aliphatic carbocycles. The molecule has 1 aliphatic rings. The standard InChI is InChI=1S/C20H29N3O2S/c1-10-14(17(21)25)15(23-18(26)22-10)11-8-12(19(2,3)4)16(24)13(9-11)20(5,6)7/h8-9,15,24H,1-7H3,(H2,21,25)(H2,22,23,26)/t15-/m1/s1. The first-order valence-electron chi connectivity index (χ1n) is 8.69. The molecule has 0 radical (unpaired) electrons. The molecule has 0 saturated heterocycles. The van der Waals surface area contributed by atoms with Crippen LogP contribution in [0, 0.1) is 0 Å². The molecule has 5 N–H and O–H groups in total. The van der Waals surface area contributed by atoms with E-state index in [1.165, 1.54) is 0 Å². The molecule has 0 bridgehead atoms. The van der Waals surface area contributed by atoms with E-state index in [9.17, 15) is 9.90 Å². The van der Waals surface area contributed by atoms with E-state index in [-0.39, 0.29) is 10.8 Å². The van der Waals surface area contributed by atoms with Gasteiger partial charge in [0.1, 0.15) is 5.75 Å². The average molecular weight is 376 g/mol. The molecule has 1 atom stereocenters. The van der Waals surface area contributed by atoms with Gasteiger partial charge in [-0.3, -0.25) is 4.79 Å². The van der Waals surface area contributed by atoms with Crippen molar-refractivity contribution in [3.63, 3.8) is 0 Å². The predicted octanol–water partition coefficient (Wildman–Crippen LogP) is 3.27. The average Bonchev–Trinajstić information content (AvgIpc) is 2.43. The summed E-state index contributed by atoms with van der Waals surface area (Å²) in [6.07, 6.45) is 0. The second-order valence-corrected chi connectivity index (χ2v) is 9.31. The van der Waals surface area contributed by atoms with Gasteiger partial charge in [-0.15, -0.1) is 0 Å². The van der Waals surface area contributed by atoms with Gasteiger partial charge in [0.15, 0.2) is 5.11 Å². The molecule has 142 valence electrons. The summed E-state index contributed by atoms with van der Waals surface area (Å²) in [7, 11) is 0. The lowest BCUT2D eigenvalue weighted by Crippen LogP contribution is -2.46. The Morgan fingerprint density at radius 1 is 1.12 bits per heavy atom. The quantitative estimate of drug-likeness (QED) is 0.596. The summed E-state index contributed by atoms with van der Waals surface area (Å²) in [4.78, 5) is 12.1. The third-order valence-electron chi connectivity index (χ3n) is 4.62. The summed E-state index contributed by atoms with van der Waals surface area (Å²) >= 11 is 5.28. The lowest BCUT2D eigenvalue weighted by molar-refractivity contribution is -0.115. The van der Waals surface area contributed by atoms with E-state index >= 15 is 0 Å². The van der Waals surface area contributed by atoms with Gasteiger partial charge < -0.3 is 21.5 Å². The summed E-state index contributed by atoms with van der Waals surface area (Å²) < 4.78 is 0. The Labute approximate surface area is 161 Å². The number of rotatable bonds is 2. The van der Waals surface area contributed by atoms with E-state index in [2.05, 4.69) is 52.2 Å². The summed E-state index contributed by atoms with van der Waals surface area (Å²) in [5.74, 6) is -0.204. The van der Waals surface area contributed by atoms with E-state index in [1.54, 1.807) is 6.92 Å². The topological polar surface area (TPSA) is 87.4 Å². The minimum atomic E-state index is -0.502. The first-order chi connectivity index (χ1) is 11.7. The molecular formula is C20H29N3O2S. The van der Waals surface area contributed by atoms with E-state index in [0.717, 1.165) is 16.7 Å². The molecule has 1 aromatic rings. The molecule has 0 saturated carbocycles. The zero-order valence-electron chi connectivity index (χ0n) is 16.6. The maximum absolute atomic E-state index is 12.1. The Balaban J connectivity index is 2.78. The van der Waals surface area contributed by atoms with Crippen LogP contribution in [0.15, 0.2) is 23.4 Å². The molecule has 0 unspecified atom stereocenters. The SMILES string of the molecule is CC1=C(C(N)=O)[C@@H](c2cc(C(C)(C)C)c(O)c(C(C)(C)C)c2)NC(=S)N1. The highest BCUT2D eigenvalue weighted by Crippen LogP contribution is 2.42. The van der Waals surface area contributed by atoms with Crippen molar-refractivity contribution >= 4 is 23.2 Å². The first kappa shape index (κ1) is 20.2. The summed E-state index contributed by atoms with van der Waals surface area (Å²) in [6, 6.07) is 3.42. The van der Waals surface area contributed by atoms with Crippen LogP contribution in [0.25, 0.3) is 0 Å². The largest absolute Gasteiger partial charge is 0.507 e. The molecule has 6 heteroatoms. The van der Waals surface area contributed by atoms with Crippen LogP contribution in [-0.4, -0.2) is 16.1 Å². The number of primary amides is 1. The summed E-state index contributed by atoms with van der Waals surface area (Å²) in [5.41, 5.74) is 8.71. The molecule has 0 fully saturated rings. The Morgan fingerprint density at radius 3 is 1.96 bits per heavy atom. The number of allylic oxidation sites excluding steroid dienone is 1. The van der Waals surface area contributed by atoms with Crippen molar-refractivity contribution in [2.75, 3.05) is 0 Å². The van der Waals surface area contributed by atoms with Crippen LogP contribution in [-0.2, 0) is 15.6 Å². The van der Waals surface area contributed by atoms with Gasteiger partial charge in [0.2, 0.25) is 5.91 Å². The predicted molar refractivity (Wildman–Crippen MR) is 109 cm³/mol. The van der Waals surface area contributed by atoms with Crippen LogP contribution in [0.3, 0.4) is 0 Å². The van der Waals surface area contributed by atoms with Crippen molar-refractivity contribution in [1.82, 2.24) is 10.6 Å². The number of nitrogens with two attached hydrogens (primary N) is 1. The molecule has 1 aromatic carbocycles. The monoisotopic (exact) mass is 375 g/mol. The number of amides is 1. The lowest BCUT2D eigenvalue weighted by atomic mass is 9.77. The Morgan fingerprint density at radius 2 is 1.58 bits per heavy atom. The number of aromatic hydroxyl groups is 1. The van der Waals surface area contributed by atoms with Crippen LogP contribution >= 0.6 is 12.2 Å². The van der Waals surface area contributed by atoms with Gasteiger partial charge in [0.05, 0.1) is 11.6 Å². The Kier molecular flexibility index (Phi) is 5.12. The molecule has 2 rings (SSSR count). The molecule has 5 nitrogen and oxygen atoms in total. The van der Waals surface area contributed by atoms with Crippen molar-refractivity contribution < 1.29 is 9.90 Å². The van der Waals surface area contributed by atoms with Gasteiger partial charge in [0.25, 0.3) is 0 Å². The minimum absolute atomic E-state index is 0.265. The number of hydrogen-bond acceptors (Lipinski definition) is 3. The second kappa shape index (κ2) is 6.58. The number of benzene rings is 1. The van der Waals surface area contributed by atoms with Gasteiger partial charge >= 0.3 is 0 Å². The fourth-order valence-electron chi connectivity index (χ4n) is 3.24. The normalized spacial score (nSPS) is 18.4. The lowest BCUT2D eigenvalue weighted by Gasteiger charge is -2.33. The molecule has 0 spiro atoms. The molecule has 26 heavy (non-hydrogen) atoms. The second-order valence-electron chi connectivity index (χ2n) is 8.90. The number of nitrogens with one attached hydrogen (secondary N) is 2. The van der Waals surface area contributed by atoms with E-state index in [1.807, 2.05) is 12.1 Å². The zero-order valence-corrected chi connectivity index (χ0v) is 17.4. The van der Waals surface area contributed by atoms with Crippen molar-refractivity contribution in [3.05, 3.63) is 40.1 Å². The number of thiocarbonyl (C=S) groups is 1. The number of phenolic OH excluding ortho intramolecular Hbond substituents is 1. The van der Waals surface area contributed by atoms with Crippen LogP contribution in [0.2, 0.25) is 0 Å². The zero-order chi connectivity index (χ0) is 20.0. The highest BCUT2D eigenvalue weighted by molar-refractivity contribution is 7.80. The summed E-state index contributed by atoms with van der Waals surface area (Å²) in [5, 5.41) is 17.5. The number of phenols is 1. The van der Waals surface area contributed by atoms with Gasteiger partial charge in [0, 0.05) is 5.70 Å². The maximum Gasteiger partial charge on any atom is 0.248 e. The summed E-state index contributed by atoms with van der Waals surface area (Å²) in [6.45, 7) is 14.1. The number of carbonyl (C=O) groups is 1. The van der Waals surface area contributed by atoms with Crippen LogP contribution in [0.1, 0.15) is 71.2 Å². The number of carbonyl (C=O) groups excluding carboxylic acids is 1. The first-order valence-corrected chi connectivity index (χ1v) is 9.10. The van der Waals surface area contributed by atoms with E-state index in [4.69, 9.17) is 18.0 Å². The molecule has 1 aliphatic heterocycles. The molecular weight excluding hydrogens is 346 g/mol. The van der Waals surface area contributed by atoms with Gasteiger partial charge in [-0.05, 0) is 58.8 Å². The minimum Gasteiger partial charge on any atom is -0.507 e. The fourth-order valence-corrected chi connectivity index (χ4v) is 3.51. The van der Waals surface area contributed by atoms with E-state index in [0.29, 0.717) is 22.1 Å². The van der Waals surface area contributed by atoms with Crippen molar-refractivity contribution in [2.24, 2.45) is 5.73 Å². The molecule has 1 heterocycles. The van der Waals surface area contributed by atoms with Crippen LogP contribution < -0.4 is 16.4 Å². The highest BCUT2D eigenvalue weighted by Gasteiger charge is 2.32. The smallest absolute Gasteiger partial charge is 0.248 e. The van der Waals surface area contributed by atoms with E-state index < -0.39 is 11.9 Å². The van der Waals surface area contributed by atoms with Crippen LogP contribution in [0.4, 0.5) is 0 Å². The third kappa shape index (κ3) is 3.85. The van der Waals surface area contributed by atoms with Crippen LogP contribution in [0.5, 0.6) is 5.75 Å².